The lowest BCUT2D eigenvalue weighted by atomic mass is 10.1. The van der Waals surface area contributed by atoms with Crippen molar-refractivity contribution in [2.24, 2.45) is 0 Å². The Morgan fingerprint density at radius 3 is 2.92 bits per heavy atom. The molecule has 0 saturated heterocycles. The van der Waals surface area contributed by atoms with Gasteiger partial charge in [0.2, 0.25) is 0 Å². The molecule has 13 heavy (non-hydrogen) atoms. The molecule has 0 amide bonds. The summed E-state index contributed by atoms with van der Waals surface area (Å²) < 4.78 is 0. The van der Waals surface area contributed by atoms with E-state index >= 15 is 0 Å². The summed E-state index contributed by atoms with van der Waals surface area (Å²) >= 11 is 0. The second kappa shape index (κ2) is 4.27. The highest BCUT2D eigenvalue weighted by molar-refractivity contribution is 5.87. The molecule has 0 aliphatic carbocycles. The predicted molar refractivity (Wildman–Crippen MR) is 47.3 cm³/mol. The van der Waals surface area contributed by atoms with E-state index in [1.807, 2.05) is 12.1 Å². The number of carbonyl (C=O) groups is 1. The molecule has 0 atom stereocenters. The van der Waals surface area contributed by atoms with Crippen LogP contribution in [0.25, 0.3) is 0 Å². The van der Waals surface area contributed by atoms with E-state index in [0.717, 1.165) is 5.56 Å². The molecule has 0 heterocycles. The highest BCUT2D eigenvalue weighted by Gasteiger charge is 2.02. The summed E-state index contributed by atoms with van der Waals surface area (Å²) in [5, 5.41) is 17.0. The van der Waals surface area contributed by atoms with Crippen molar-refractivity contribution in [2.45, 2.75) is 12.8 Å². The van der Waals surface area contributed by atoms with Gasteiger partial charge < -0.3 is 5.11 Å². The van der Waals surface area contributed by atoms with Gasteiger partial charge in [0.25, 0.3) is 0 Å². The normalized spacial score (nSPS) is 9.15. The van der Waals surface area contributed by atoms with Crippen LogP contribution in [0.2, 0.25) is 0 Å². The average molecular weight is 175 g/mol. The molecule has 0 aliphatic heterocycles. The maximum absolute atomic E-state index is 10.6. The van der Waals surface area contributed by atoms with E-state index in [1.165, 1.54) is 6.07 Å². The van der Waals surface area contributed by atoms with Crippen molar-refractivity contribution >= 4 is 5.97 Å². The van der Waals surface area contributed by atoms with Crippen LogP contribution in [0.3, 0.4) is 0 Å². The van der Waals surface area contributed by atoms with Crippen molar-refractivity contribution in [3.05, 3.63) is 35.4 Å². The SMILES string of the molecule is N#CCCc1cccc(C(=O)O)c1. The molecule has 0 unspecified atom stereocenters. The average Bonchev–Trinajstić information content (AvgIpc) is 2.15. The quantitative estimate of drug-likeness (QED) is 0.762. The Hall–Kier alpha value is -1.82. The zero-order valence-electron chi connectivity index (χ0n) is 7.03. The molecule has 1 rings (SSSR count). The molecule has 0 bridgehead atoms. The summed E-state index contributed by atoms with van der Waals surface area (Å²) in [5.74, 6) is -0.932. The number of nitriles is 1. The molecule has 0 aliphatic rings. The van der Waals surface area contributed by atoms with Crippen LogP contribution in [0.4, 0.5) is 0 Å². The number of carboxylic acid groups (broad SMARTS) is 1. The molecular weight excluding hydrogens is 166 g/mol. The van der Waals surface area contributed by atoms with Crippen LogP contribution in [0, 0.1) is 11.3 Å². The van der Waals surface area contributed by atoms with Gasteiger partial charge in [-0.2, -0.15) is 5.26 Å². The summed E-state index contributed by atoms with van der Waals surface area (Å²) in [6.45, 7) is 0. The smallest absolute Gasteiger partial charge is 0.335 e. The fourth-order valence-electron chi connectivity index (χ4n) is 1.06. The molecular formula is C10H9NO2. The summed E-state index contributed by atoms with van der Waals surface area (Å²) in [6, 6.07) is 8.67. The van der Waals surface area contributed by atoms with Gasteiger partial charge in [-0.3, -0.25) is 0 Å². The van der Waals surface area contributed by atoms with E-state index < -0.39 is 5.97 Å². The lowest BCUT2D eigenvalue weighted by Crippen LogP contribution is -1.96. The van der Waals surface area contributed by atoms with Gasteiger partial charge in [-0.05, 0) is 24.1 Å². The maximum Gasteiger partial charge on any atom is 0.335 e. The third kappa shape index (κ3) is 2.60. The topological polar surface area (TPSA) is 61.1 Å². The van der Waals surface area contributed by atoms with E-state index in [2.05, 4.69) is 0 Å². The van der Waals surface area contributed by atoms with E-state index in [-0.39, 0.29) is 5.56 Å². The largest absolute Gasteiger partial charge is 0.478 e. The predicted octanol–water partition coefficient (Wildman–Crippen LogP) is 1.84. The van der Waals surface area contributed by atoms with Crippen molar-refractivity contribution in [1.82, 2.24) is 0 Å². The van der Waals surface area contributed by atoms with Gasteiger partial charge in [-0.1, -0.05) is 12.1 Å². The molecule has 0 saturated carbocycles. The first-order chi connectivity index (χ1) is 6.24. The van der Waals surface area contributed by atoms with Crippen LogP contribution in [0.5, 0.6) is 0 Å². The summed E-state index contributed by atoms with van der Waals surface area (Å²) in [5.41, 5.74) is 1.16. The highest BCUT2D eigenvalue weighted by atomic mass is 16.4. The minimum atomic E-state index is -0.932. The third-order valence-electron chi connectivity index (χ3n) is 1.70. The van der Waals surface area contributed by atoms with Crippen molar-refractivity contribution in [3.8, 4) is 6.07 Å². The Morgan fingerprint density at radius 2 is 2.31 bits per heavy atom. The Labute approximate surface area is 76.2 Å². The lowest BCUT2D eigenvalue weighted by Gasteiger charge is -1.98. The molecule has 1 aromatic carbocycles. The Balaban J connectivity index is 2.80. The van der Waals surface area contributed by atoms with Crippen LogP contribution in [-0.4, -0.2) is 11.1 Å². The zero-order chi connectivity index (χ0) is 9.68. The summed E-state index contributed by atoms with van der Waals surface area (Å²) in [4.78, 5) is 10.6. The molecule has 3 heteroatoms. The second-order valence-electron chi connectivity index (χ2n) is 2.66. The van der Waals surface area contributed by atoms with Crippen LogP contribution in [-0.2, 0) is 6.42 Å². The fourth-order valence-corrected chi connectivity index (χ4v) is 1.06. The standard InChI is InChI=1S/C10H9NO2/c11-6-2-4-8-3-1-5-9(7-8)10(12)13/h1,3,5,7H,2,4H2,(H,12,13). The van der Waals surface area contributed by atoms with Crippen LogP contribution in [0.15, 0.2) is 24.3 Å². The Morgan fingerprint density at radius 1 is 1.54 bits per heavy atom. The van der Waals surface area contributed by atoms with Crippen molar-refractivity contribution in [2.75, 3.05) is 0 Å². The number of rotatable bonds is 3. The van der Waals surface area contributed by atoms with Gasteiger partial charge in [0.15, 0.2) is 0 Å². The fraction of sp³-hybridized carbons (Fsp3) is 0.200. The van der Waals surface area contributed by atoms with E-state index in [4.69, 9.17) is 10.4 Å². The number of nitrogens with zero attached hydrogens (tertiary/aromatic N) is 1. The van der Waals surface area contributed by atoms with Crippen LogP contribution >= 0.6 is 0 Å². The van der Waals surface area contributed by atoms with Crippen molar-refractivity contribution in [3.63, 3.8) is 0 Å². The van der Waals surface area contributed by atoms with Gasteiger partial charge >= 0.3 is 5.97 Å². The summed E-state index contributed by atoms with van der Waals surface area (Å²) in [6.07, 6.45) is 1.03. The number of hydrogen-bond donors (Lipinski definition) is 1. The zero-order valence-corrected chi connectivity index (χ0v) is 7.03. The van der Waals surface area contributed by atoms with Gasteiger partial charge in [-0.15, -0.1) is 0 Å². The number of hydrogen-bond acceptors (Lipinski definition) is 2. The van der Waals surface area contributed by atoms with E-state index in [1.54, 1.807) is 12.1 Å². The minimum absolute atomic E-state index is 0.274. The van der Waals surface area contributed by atoms with E-state index in [0.29, 0.717) is 12.8 Å². The molecule has 0 fully saturated rings. The number of aromatic carboxylic acids is 1. The molecule has 1 aromatic rings. The minimum Gasteiger partial charge on any atom is -0.478 e. The lowest BCUT2D eigenvalue weighted by molar-refractivity contribution is 0.0697. The molecule has 3 nitrogen and oxygen atoms in total. The maximum atomic E-state index is 10.6. The first-order valence-electron chi connectivity index (χ1n) is 3.93. The third-order valence-corrected chi connectivity index (χ3v) is 1.70. The van der Waals surface area contributed by atoms with Gasteiger partial charge in [0, 0.05) is 6.42 Å². The number of aryl methyl sites for hydroxylation is 1. The molecule has 1 N–H and O–H groups in total. The summed E-state index contributed by atoms with van der Waals surface area (Å²) in [7, 11) is 0. The highest BCUT2D eigenvalue weighted by Crippen LogP contribution is 2.07. The van der Waals surface area contributed by atoms with Gasteiger partial charge in [0.1, 0.15) is 0 Å². The molecule has 0 spiro atoms. The Kier molecular flexibility index (Phi) is 3.04. The van der Waals surface area contributed by atoms with Gasteiger partial charge in [-0.25, -0.2) is 4.79 Å². The molecule has 0 aromatic heterocycles. The second-order valence-corrected chi connectivity index (χ2v) is 2.66. The van der Waals surface area contributed by atoms with Crippen LogP contribution in [0.1, 0.15) is 22.3 Å². The number of benzene rings is 1. The first kappa shape index (κ1) is 9.27. The van der Waals surface area contributed by atoms with Crippen molar-refractivity contribution in [1.29, 1.82) is 5.26 Å². The van der Waals surface area contributed by atoms with Crippen LogP contribution < -0.4 is 0 Å². The molecule has 0 radical (unpaired) electrons. The van der Waals surface area contributed by atoms with Crippen molar-refractivity contribution < 1.29 is 9.90 Å². The van der Waals surface area contributed by atoms with Gasteiger partial charge in [0.05, 0.1) is 11.6 Å². The Bertz CT molecular complexity index is 352. The van der Waals surface area contributed by atoms with E-state index in [9.17, 15) is 4.79 Å². The molecule has 66 valence electrons. The first-order valence-corrected chi connectivity index (χ1v) is 3.93. The number of carboxylic acids is 1. The monoisotopic (exact) mass is 175 g/mol.